The van der Waals surface area contributed by atoms with Crippen LogP contribution < -0.4 is 5.73 Å². The highest BCUT2D eigenvalue weighted by atomic mass is 35.5. The van der Waals surface area contributed by atoms with Gasteiger partial charge in [-0.15, -0.1) is 12.4 Å². The highest BCUT2D eigenvalue weighted by Crippen LogP contribution is 2.11. The molecule has 118 valence electrons. The molecule has 5 heteroatoms. The van der Waals surface area contributed by atoms with Crippen LogP contribution in [0.2, 0.25) is 0 Å². The monoisotopic (exact) mass is 319 g/mol. The molecule has 2 N–H and O–H groups in total. The maximum atomic E-state index is 12.7. The number of carbonyl (C=O) groups is 1. The standard InChI is InChI=1S/C17H21N3O.ClH/c1-2-10-20(13-14-6-4-3-5-7-14)17(21)15-8-9-19-16(11-15)12-18;/h3-9,11H,2,10,12-13,18H2,1H3;1H. The molecule has 0 spiro atoms. The molecule has 0 radical (unpaired) electrons. The molecule has 1 heterocycles. The number of hydrogen-bond donors (Lipinski definition) is 1. The normalized spacial score (nSPS) is 9.91. The first-order valence-electron chi connectivity index (χ1n) is 7.22. The summed E-state index contributed by atoms with van der Waals surface area (Å²) in [6, 6.07) is 13.5. The highest BCUT2D eigenvalue weighted by molar-refractivity contribution is 5.94. The van der Waals surface area contributed by atoms with E-state index in [1.807, 2.05) is 35.2 Å². The molecule has 4 nitrogen and oxygen atoms in total. The summed E-state index contributed by atoms with van der Waals surface area (Å²) in [7, 11) is 0. The molecule has 0 atom stereocenters. The Bertz CT molecular complexity index is 589. The Morgan fingerprint density at radius 2 is 1.95 bits per heavy atom. The topological polar surface area (TPSA) is 59.2 Å². The fourth-order valence-electron chi connectivity index (χ4n) is 2.23. The van der Waals surface area contributed by atoms with Crippen molar-refractivity contribution in [1.82, 2.24) is 9.88 Å². The quantitative estimate of drug-likeness (QED) is 0.890. The van der Waals surface area contributed by atoms with Crippen LogP contribution in [0.25, 0.3) is 0 Å². The van der Waals surface area contributed by atoms with Crippen LogP contribution in [0.15, 0.2) is 48.7 Å². The van der Waals surface area contributed by atoms with E-state index in [9.17, 15) is 4.79 Å². The van der Waals surface area contributed by atoms with Gasteiger partial charge in [-0.05, 0) is 24.1 Å². The molecular weight excluding hydrogens is 298 g/mol. The van der Waals surface area contributed by atoms with Gasteiger partial charge in [0, 0.05) is 31.4 Å². The van der Waals surface area contributed by atoms with Crippen molar-refractivity contribution < 1.29 is 4.79 Å². The molecule has 1 amide bonds. The number of nitrogens with two attached hydrogens (primary N) is 1. The summed E-state index contributed by atoms with van der Waals surface area (Å²) >= 11 is 0. The van der Waals surface area contributed by atoms with E-state index in [1.165, 1.54) is 0 Å². The summed E-state index contributed by atoms with van der Waals surface area (Å²) < 4.78 is 0. The summed E-state index contributed by atoms with van der Waals surface area (Å²) in [6.45, 7) is 3.76. The predicted molar refractivity (Wildman–Crippen MR) is 90.8 cm³/mol. The van der Waals surface area contributed by atoms with Crippen LogP contribution >= 0.6 is 12.4 Å². The molecule has 0 aliphatic carbocycles. The van der Waals surface area contributed by atoms with Crippen LogP contribution in [0.4, 0.5) is 0 Å². The minimum absolute atomic E-state index is 0. The summed E-state index contributed by atoms with van der Waals surface area (Å²) in [5.74, 6) is 0.0257. The Morgan fingerprint density at radius 3 is 2.59 bits per heavy atom. The lowest BCUT2D eigenvalue weighted by molar-refractivity contribution is 0.0743. The highest BCUT2D eigenvalue weighted by Gasteiger charge is 2.15. The van der Waals surface area contributed by atoms with Gasteiger partial charge >= 0.3 is 0 Å². The molecule has 1 aromatic carbocycles. The van der Waals surface area contributed by atoms with Gasteiger partial charge in [-0.25, -0.2) is 0 Å². The Kier molecular flexibility index (Phi) is 7.57. The lowest BCUT2D eigenvalue weighted by atomic mass is 10.1. The Labute approximate surface area is 137 Å². The second-order valence-electron chi connectivity index (χ2n) is 4.95. The molecule has 2 rings (SSSR count). The lowest BCUT2D eigenvalue weighted by Gasteiger charge is -2.22. The molecule has 22 heavy (non-hydrogen) atoms. The van der Waals surface area contributed by atoms with Gasteiger partial charge in [0.15, 0.2) is 0 Å². The zero-order valence-corrected chi connectivity index (χ0v) is 13.6. The molecular formula is C17H22ClN3O. The number of rotatable bonds is 6. The van der Waals surface area contributed by atoms with E-state index >= 15 is 0 Å². The van der Waals surface area contributed by atoms with Crippen molar-refractivity contribution in [1.29, 1.82) is 0 Å². The van der Waals surface area contributed by atoms with Crippen molar-refractivity contribution in [2.75, 3.05) is 6.54 Å². The number of aromatic nitrogens is 1. The molecule has 0 aliphatic rings. The average Bonchev–Trinajstić information content (AvgIpc) is 2.55. The minimum atomic E-state index is 0. The summed E-state index contributed by atoms with van der Waals surface area (Å²) in [5.41, 5.74) is 8.10. The minimum Gasteiger partial charge on any atom is -0.334 e. The van der Waals surface area contributed by atoms with Crippen LogP contribution in [0.1, 0.15) is 35.0 Å². The fourth-order valence-corrected chi connectivity index (χ4v) is 2.23. The second-order valence-corrected chi connectivity index (χ2v) is 4.95. The summed E-state index contributed by atoms with van der Waals surface area (Å²) in [5, 5.41) is 0. The second kappa shape index (κ2) is 9.18. The van der Waals surface area contributed by atoms with Crippen molar-refractivity contribution in [3.8, 4) is 0 Å². The lowest BCUT2D eigenvalue weighted by Crippen LogP contribution is -2.31. The van der Waals surface area contributed by atoms with Crippen LogP contribution in [-0.2, 0) is 13.1 Å². The number of carbonyl (C=O) groups excluding carboxylic acids is 1. The smallest absolute Gasteiger partial charge is 0.254 e. The zero-order valence-electron chi connectivity index (χ0n) is 12.7. The summed E-state index contributed by atoms with van der Waals surface area (Å²) in [6.07, 6.45) is 2.56. The van der Waals surface area contributed by atoms with Gasteiger partial charge < -0.3 is 10.6 Å². The first-order valence-corrected chi connectivity index (χ1v) is 7.22. The largest absolute Gasteiger partial charge is 0.334 e. The third kappa shape index (κ3) is 4.83. The molecule has 2 aromatic rings. The average molecular weight is 320 g/mol. The van der Waals surface area contributed by atoms with Gasteiger partial charge in [-0.2, -0.15) is 0 Å². The van der Waals surface area contributed by atoms with Gasteiger partial charge in [0.2, 0.25) is 0 Å². The van der Waals surface area contributed by atoms with E-state index in [4.69, 9.17) is 5.73 Å². The molecule has 0 saturated heterocycles. The van der Waals surface area contributed by atoms with E-state index in [0.29, 0.717) is 18.7 Å². The Morgan fingerprint density at radius 1 is 1.23 bits per heavy atom. The van der Waals surface area contributed by atoms with E-state index in [-0.39, 0.29) is 18.3 Å². The third-order valence-corrected chi connectivity index (χ3v) is 3.27. The van der Waals surface area contributed by atoms with Crippen molar-refractivity contribution in [2.24, 2.45) is 5.73 Å². The zero-order chi connectivity index (χ0) is 15.1. The first kappa shape index (κ1) is 18.1. The SMILES string of the molecule is CCCN(Cc1ccccc1)C(=O)c1ccnc(CN)c1.Cl. The van der Waals surface area contributed by atoms with E-state index in [1.54, 1.807) is 18.3 Å². The third-order valence-electron chi connectivity index (χ3n) is 3.27. The van der Waals surface area contributed by atoms with E-state index < -0.39 is 0 Å². The number of hydrogen-bond acceptors (Lipinski definition) is 3. The molecule has 0 bridgehead atoms. The molecule has 1 aromatic heterocycles. The first-order chi connectivity index (χ1) is 10.2. The summed E-state index contributed by atoms with van der Waals surface area (Å²) in [4.78, 5) is 18.7. The van der Waals surface area contributed by atoms with Crippen LogP contribution in [0.3, 0.4) is 0 Å². The van der Waals surface area contributed by atoms with Gasteiger partial charge in [-0.1, -0.05) is 37.3 Å². The van der Waals surface area contributed by atoms with Gasteiger partial charge in [0.1, 0.15) is 0 Å². The Hall–Kier alpha value is -1.91. The van der Waals surface area contributed by atoms with Gasteiger partial charge in [0.25, 0.3) is 5.91 Å². The van der Waals surface area contributed by atoms with Crippen molar-refractivity contribution in [3.05, 3.63) is 65.5 Å². The van der Waals surface area contributed by atoms with Crippen LogP contribution in [-0.4, -0.2) is 22.3 Å². The Balaban J connectivity index is 0.00000242. The number of amides is 1. The van der Waals surface area contributed by atoms with Crippen molar-refractivity contribution in [3.63, 3.8) is 0 Å². The molecule has 0 saturated carbocycles. The van der Waals surface area contributed by atoms with Crippen LogP contribution in [0, 0.1) is 0 Å². The predicted octanol–water partition coefficient (Wildman–Crippen LogP) is 3.01. The van der Waals surface area contributed by atoms with E-state index in [2.05, 4.69) is 11.9 Å². The number of nitrogens with zero attached hydrogens (tertiary/aromatic N) is 2. The maximum Gasteiger partial charge on any atom is 0.254 e. The van der Waals surface area contributed by atoms with Gasteiger partial charge in [-0.3, -0.25) is 9.78 Å². The number of halogens is 1. The molecule has 0 unspecified atom stereocenters. The maximum absolute atomic E-state index is 12.7. The van der Waals surface area contributed by atoms with Crippen molar-refractivity contribution in [2.45, 2.75) is 26.4 Å². The fraction of sp³-hybridized carbons (Fsp3) is 0.294. The van der Waals surface area contributed by atoms with Gasteiger partial charge in [0.05, 0.1) is 5.69 Å². The van der Waals surface area contributed by atoms with E-state index in [0.717, 1.165) is 24.2 Å². The number of pyridine rings is 1. The number of benzene rings is 1. The van der Waals surface area contributed by atoms with Crippen LogP contribution in [0.5, 0.6) is 0 Å². The van der Waals surface area contributed by atoms with Crippen molar-refractivity contribution >= 4 is 18.3 Å². The molecule has 0 fully saturated rings. The molecule has 0 aliphatic heterocycles.